The first-order valence-electron chi connectivity index (χ1n) is 4.37. The summed E-state index contributed by atoms with van der Waals surface area (Å²) >= 11 is 3.32. The van der Waals surface area contributed by atoms with Crippen LogP contribution in [0.1, 0.15) is 5.69 Å². The predicted molar refractivity (Wildman–Crippen MR) is 61.1 cm³/mol. The molecule has 6 heteroatoms. The van der Waals surface area contributed by atoms with Gasteiger partial charge in [0, 0.05) is 13.2 Å². The molecule has 0 atom stereocenters. The molecule has 0 aliphatic heterocycles. The van der Waals surface area contributed by atoms with Gasteiger partial charge in [0.25, 0.3) is 0 Å². The van der Waals surface area contributed by atoms with E-state index < -0.39 is 0 Å². The maximum Gasteiger partial charge on any atom is 0.182 e. The third-order valence-electron chi connectivity index (χ3n) is 1.99. The van der Waals surface area contributed by atoms with E-state index in [4.69, 9.17) is 5.73 Å². The third-order valence-corrected chi connectivity index (χ3v) is 2.97. The molecule has 2 rings (SSSR count). The summed E-state index contributed by atoms with van der Waals surface area (Å²) in [6, 6.07) is 1.85. The van der Waals surface area contributed by atoms with Gasteiger partial charge in [0.05, 0.1) is 10.2 Å². The van der Waals surface area contributed by atoms with Crippen molar-refractivity contribution in [3.05, 3.63) is 22.4 Å². The van der Waals surface area contributed by atoms with Crippen molar-refractivity contribution >= 4 is 21.7 Å². The molecule has 15 heavy (non-hydrogen) atoms. The van der Waals surface area contributed by atoms with Crippen molar-refractivity contribution in [1.29, 1.82) is 0 Å². The van der Waals surface area contributed by atoms with Gasteiger partial charge in [-0.3, -0.25) is 4.68 Å². The van der Waals surface area contributed by atoms with Crippen molar-refractivity contribution in [2.75, 3.05) is 5.73 Å². The van der Waals surface area contributed by atoms with Gasteiger partial charge in [-0.05, 0) is 28.9 Å². The number of nitrogens with two attached hydrogens (primary N) is 1. The molecule has 0 saturated carbocycles. The second-order valence-corrected chi connectivity index (χ2v) is 4.00. The minimum atomic E-state index is 0.433. The van der Waals surface area contributed by atoms with Crippen molar-refractivity contribution in [1.82, 2.24) is 19.7 Å². The summed E-state index contributed by atoms with van der Waals surface area (Å²) in [5, 5.41) is 4.21. The first-order chi connectivity index (χ1) is 7.08. The number of halogens is 1. The van der Waals surface area contributed by atoms with E-state index >= 15 is 0 Å². The molecule has 0 aliphatic carbocycles. The molecule has 5 nitrogen and oxygen atoms in total. The van der Waals surface area contributed by atoms with Crippen LogP contribution in [-0.4, -0.2) is 19.7 Å². The largest absolute Gasteiger partial charge is 0.383 e. The van der Waals surface area contributed by atoms with Crippen molar-refractivity contribution in [2.24, 2.45) is 7.05 Å². The molecule has 0 aliphatic rings. The van der Waals surface area contributed by atoms with E-state index in [0.717, 1.165) is 15.9 Å². The predicted octanol–water partition coefficient (Wildman–Crippen LogP) is 1.53. The second-order valence-electron chi connectivity index (χ2n) is 3.21. The molecule has 2 aromatic heterocycles. The summed E-state index contributed by atoms with van der Waals surface area (Å²) in [5.74, 6) is 0.983. The van der Waals surface area contributed by atoms with Gasteiger partial charge in [-0.25, -0.2) is 9.97 Å². The Labute approximate surface area is 95.5 Å². The Hall–Kier alpha value is -1.43. The summed E-state index contributed by atoms with van der Waals surface area (Å²) in [4.78, 5) is 8.46. The summed E-state index contributed by atoms with van der Waals surface area (Å²) in [6.07, 6.45) is 1.84. The van der Waals surface area contributed by atoms with Crippen LogP contribution < -0.4 is 5.73 Å². The molecule has 2 aromatic rings. The molecular weight excluding hydrogens is 258 g/mol. The van der Waals surface area contributed by atoms with Crippen LogP contribution in [0, 0.1) is 6.92 Å². The molecular formula is C9H10BrN5. The fraction of sp³-hybridized carbons (Fsp3) is 0.222. The number of nitrogens with zero attached hydrogens (tertiary/aromatic N) is 4. The maximum absolute atomic E-state index is 5.73. The van der Waals surface area contributed by atoms with Gasteiger partial charge in [-0.2, -0.15) is 5.10 Å². The molecule has 0 fully saturated rings. The number of nitrogen functional groups attached to an aromatic ring is 1. The van der Waals surface area contributed by atoms with Crippen LogP contribution in [-0.2, 0) is 7.05 Å². The zero-order valence-corrected chi connectivity index (χ0v) is 9.98. The average Bonchev–Trinajstić information content (AvgIpc) is 2.60. The van der Waals surface area contributed by atoms with Gasteiger partial charge in [-0.1, -0.05) is 0 Å². The molecule has 0 radical (unpaired) electrons. The number of aryl methyl sites for hydroxylation is 2. The fourth-order valence-corrected chi connectivity index (χ4v) is 1.41. The van der Waals surface area contributed by atoms with E-state index in [1.165, 1.54) is 0 Å². The Morgan fingerprint density at radius 3 is 2.67 bits per heavy atom. The Morgan fingerprint density at radius 2 is 2.13 bits per heavy atom. The number of hydrogen-bond donors (Lipinski definition) is 1. The van der Waals surface area contributed by atoms with Gasteiger partial charge < -0.3 is 5.73 Å². The highest BCUT2D eigenvalue weighted by molar-refractivity contribution is 9.10. The smallest absolute Gasteiger partial charge is 0.182 e. The van der Waals surface area contributed by atoms with Crippen LogP contribution in [0.3, 0.4) is 0 Å². The molecule has 0 aromatic carbocycles. The molecule has 0 unspecified atom stereocenters. The van der Waals surface area contributed by atoms with E-state index in [2.05, 4.69) is 31.0 Å². The minimum absolute atomic E-state index is 0.433. The lowest BCUT2D eigenvalue weighted by Crippen LogP contribution is -2.00. The van der Waals surface area contributed by atoms with Gasteiger partial charge in [-0.15, -0.1) is 0 Å². The molecule has 2 N–H and O–H groups in total. The van der Waals surface area contributed by atoms with Gasteiger partial charge in [0.2, 0.25) is 0 Å². The normalized spacial score (nSPS) is 10.6. The molecule has 0 spiro atoms. The molecule has 0 saturated heterocycles. The Bertz CT molecular complexity index is 482. The summed E-state index contributed by atoms with van der Waals surface area (Å²) < 4.78 is 2.44. The summed E-state index contributed by atoms with van der Waals surface area (Å²) in [7, 11) is 1.85. The quantitative estimate of drug-likeness (QED) is 0.851. The van der Waals surface area contributed by atoms with Crippen LogP contribution in [0.25, 0.3) is 11.5 Å². The second kappa shape index (κ2) is 3.62. The Kier molecular flexibility index (Phi) is 2.44. The molecule has 78 valence electrons. The lowest BCUT2D eigenvalue weighted by Gasteiger charge is -2.03. The van der Waals surface area contributed by atoms with E-state index in [1.54, 1.807) is 4.68 Å². The highest BCUT2D eigenvalue weighted by atomic mass is 79.9. The number of rotatable bonds is 1. The topological polar surface area (TPSA) is 69.6 Å². The maximum atomic E-state index is 5.73. The highest BCUT2D eigenvalue weighted by Crippen LogP contribution is 2.23. The average molecular weight is 268 g/mol. The van der Waals surface area contributed by atoms with Crippen LogP contribution in [0.4, 0.5) is 5.82 Å². The lowest BCUT2D eigenvalue weighted by atomic mass is 10.3. The van der Waals surface area contributed by atoms with E-state index in [0.29, 0.717) is 11.6 Å². The van der Waals surface area contributed by atoms with Crippen LogP contribution in [0.2, 0.25) is 0 Å². The standard InChI is InChI=1S/C9H10BrN5/c1-5-7(10)8(11)13-9(12-5)6-3-4-15(2)14-6/h3-4H,1-2H3,(H2,11,12,13). The van der Waals surface area contributed by atoms with Crippen LogP contribution >= 0.6 is 15.9 Å². The van der Waals surface area contributed by atoms with Gasteiger partial charge >= 0.3 is 0 Å². The molecule has 2 heterocycles. The van der Waals surface area contributed by atoms with Gasteiger partial charge in [0.1, 0.15) is 11.5 Å². The van der Waals surface area contributed by atoms with Crippen LogP contribution in [0.15, 0.2) is 16.7 Å². The Morgan fingerprint density at radius 1 is 1.40 bits per heavy atom. The summed E-state index contributed by atoms with van der Waals surface area (Å²) in [6.45, 7) is 1.87. The zero-order chi connectivity index (χ0) is 11.0. The first kappa shape index (κ1) is 10.1. The summed E-state index contributed by atoms with van der Waals surface area (Å²) in [5.41, 5.74) is 7.26. The van der Waals surface area contributed by atoms with Crippen molar-refractivity contribution < 1.29 is 0 Å². The number of anilines is 1. The zero-order valence-electron chi connectivity index (χ0n) is 8.40. The monoisotopic (exact) mass is 267 g/mol. The Balaban J connectivity index is 2.55. The van der Waals surface area contributed by atoms with Crippen molar-refractivity contribution in [2.45, 2.75) is 6.92 Å². The SMILES string of the molecule is Cc1nc(-c2ccn(C)n2)nc(N)c1Br. The van der Waals surface area contributed by atoms with E-state index in [9.17, 15) is 0 Å². The first-order valence-corrected chi connectivity index (χ1v) is 5.17. The van der Waals surface area contributed by atoms with Crippen molar-refractivity contribution in [3.8, 4) is 11.5 Å². The minimum Gasteiger partial charge on any atom is -0.383 e. The van der Waals surface area contributed by atoms with Crippen molar-refractivity contribution in [3.63, 3.8) is 0 Å². The highest BCUT2D eigenvalue weighted by Gasteiger charge is 2.09. The fourth-order valence-electron chi connectivity index (χ4n) is 1.23. The van der Waals surface area contributed by atoms with Gasteiger partial charge in [0.15, 0.2) is 5.82 Å². The van der Waals surface area contributed by atoms with Crippen LogP contribution in [0.5, 0.6) is 0 Å². The third kappa shape index (κ3) is 1.85. The molecule has 0 bridgehead atoms. The number of hydrogen-bond acceptors (Lipinski definition) is 4. The number of aromatic nitrogens is 4. The lowest BCUT2D eigenvalue weighted by molar-refractivity contribution is 0.768. The van der Waals surface area contributed by atoms with E-state index in [-0.39, 0.29) is 0 Å². The molecule has 0 amide bonds. The van der Waals surface area contributed by atoms with E-state index in [1.807, 2.05) is 26.2 Å².